The van der Waals surface area contributed by atoms with E-state index in [2.05, 4.69) is 27.3 Å². The summed E-state index contributed by atoms with van der Waals surface area (Å²) in [7, 11) is 1.77. The third-order valence-electron chi connectivity index (χ3n) is 2.06. The maximum absolute atomic E-state index is 9.10. The van der Waals surface area contributed by atoms with Crippen molar-refractivity contribution in [2.45, 2.75) is 6.04 Å². The zero-order valence-corrected chi connectivity index (χ0v) is 9.37. The molecule has 0 amide bonds. The Morgan fingerprint density at radius 1 is 1.64 bits per heavy atom. The summed E-state index contributed by atoms with van der Waals surface area (Å²) in [5, 5.41) is 20.9. The Balaban J connectivity index is 3.15. The highest BCUT2D eigenvalue weighted by Gasteiger charge is 2.13. The van der Waals surface area contributed by atoms with Crippen LogP contribution in [0.15, 0.2) is 22.7 Å². The van der Waals surface area contributed by atoms with E-state index in [1.807, 2.05) is 6.07 Å². The van der Waals surface area contributed by atoms with Gasteiger partial charge in [-0.15, -0.1) is 0 Å². The molecule has 0 saturated heterocycles. The molecule has 3 nitrogen and oxygen atoms in total. The van der Waals surface area contributed by atoms with E-state index >= 15 is 0 Å². The van der Waals surface area contributed by atoms with Crippen LogP contribution in [0, 0.1) is 11.3 Å². The van der Waals surface area contributed by atoms with Gasteiger partial charge in [0.1, 0.15) is 6.07 Å². The zero-order valence-electron chi connectivity index (χ0n) is 7.79. The van der Waals surface area contributed by atoms with Crippen molar-refractivity contribution in [3.63, 3.8) is 0 Å². The molecule has 0 aromatic heterocycles. The molecule has 0 fully saturated rings. The van der Waals surface area contributed by atoms with Gasteiger partial charge >= 0.3 is 0 Å². The van der Waals surface area contributed by atoms with Gasteiger partial charge in [-0.25, -0.2) is 0 Å². The van der Waals surface area contributed by atoms with Gasteiger partial charge in [0.25, 0.3) is 0 Å². The van der Waals surface area contributed by atoms with Gasteiger partial charge in [0.2, 0.25) is 0 Å². The minimum Gasteiger partial charge on any atom is -0.394 e. The molecule has 1 aromatic carbocycles. The lowest BCUT2D eigenvalue weighted by Gasteiger charge is -2.15. The number of nitrogens with one attached hydrogen (secondary N) is 1. The van der Waals surface area contributed by atoms with E-state index in [1.165, 1.54) is 0 Å². The number of likely N-dealkylation sites (N-methyl/N-ethyl adjacent to an activating group) is 1. The minimum atomic E-state index is -0.141. The summed E-state index contributed by atoms with van der Waals surface area (Å²) in [5.74, 6) is 0. The van der Waals surface area contributed by atoms with Crippen molar-refractivity contribution in [2.24, 2.45) is 0 Å². The second kappa shape index (κ2) is 5.11. The first-order valence-electron chi connectivity index (χ1n) is 4.21. The molecule has 0 spiro atoms. The van der Waals surface area contributed by atoms with Crippen LogP contribution >= 0.6 is 15.9 Å². The number of nitriles is 1. The van der Waals surface area contributed by atoms with Gasteiger partial charge in [-0.05, 0) is 34.6 Å². The fraction of sp³-hybridized carbons (Fsp3) is 0.300. The van der Waals surface area contributed by atoms with E-state index < -0.39 is 0 Å². The van der Waals surface area contributed by atoms with Gasteiger partial charge in [0, 0.05) is 4.47 Å². The molecule has 0 aliphatic rings. The highest BCUT2D eigenvalue weighted by atomic mass is 79.9. The summed E-state index contributed by atoms with van der Waals surface area (Å²) < 4.78 is 0.746. The summed E-state index contributed by atoms with van der Waals surface area (Å²) in [6.07, 6.45) is 0. The third kappa shape index (κ3) is 2.13. The standard InChI is InChI=1S/C10H11BrN2O/c1-13-9(6-14)8-4-2-3-7(5-12)10(8)11/h2-4,9,13-14H,6H2,1H3/t9-/m0/s1. The predicted molar refractivity (Wildman–Crippen MR) is 57.7 cm³/mol. The summed E-state index contributed by atoms with van der Waals surface area (Å²) in [6, 6.07) is 7.36. The predicted octanol–water partition coefficient (Wildman–Crippen LogP) is 1.57. The molecule has 1 aromatic rings. The van der Waals surface area contributed by atoms with Crippen LogP contribution in [0.4, 0.5) is 0 Å². The topological polar surface area (TPSA) is 56.0 Å². The number of aliphatic hydroxyl groups excluding tert-OH is 1. The average Bonchev–Trinajstić information content (AvgIpc) is 2.22. The van der Waals surface area contributed by atoms with Crippen LogP contribution in [0.25, 0.3) is 0 Å². The second-order valence-electron chi connectivity index (χ2n) is 2.84. The molecule has 1 atom stereocenters. The molecule has 4 heteroatoms. The van der Waals surface area contributed by atoms with Gasteiger partial charge in [-0.2, -0.15) is 5.26 Å². The molecule has 0 heterocycles. The quantitative estimate of drug-likeness (QED) is 0.862. The van der Waals surface area contributed by atoms with Crippen molar-refractivity contribution in [3.05, 3.63) is 33.8 Å². The van der Waals surface area contributed by atoms with Crippen molar-refractivity contribution < 1.29 is 5.11 Å². The highest BCUT2D eigenvalue weighted by molar-refractivity contribution is 9.10. The normalized spacial score (nSPS) is 12.1. The van der Waals surface area contributed by atoms with Gasteiger partial charge in [-0.1, -0.05) is 12.1 Å². The van der Waals surface area contributed by atoms with Crippen LogP contribution < -0.4 is 5.32 Å². The average molecular weight is 255 g/mol. The van der Waals surface area contributed by atoms with E-state index in [0.29, 0.717) is 5.56 Å². The van der Waals surface area contributed by atoms with Gasteiger partial charge < -0.3 is 10.4 Å². The third-order valence-corrected chi connectivity index (χ3v) is 2.94. The summed E-state index contributed by atoms with van der Waals surface area (Å²) in [6.45, 7) is 0.00395. The second-order valence-corrected chi connectivity index (χ2v) is 3.64. The van der Waals surface area contributed by atoms with Crippen LogP contribution in [0.2, 0.25) is 0 Å². The van der Waals surface area contributed by atoms with Gasteiger partial charge in [0.15, 0.2) is 0 Å². The number of aliphatic hydroxyl groups is 1. The van der Waals surface area contributed by atoms with Crippen LogP contribution in [-0.2, 0) is 0 Å². The molecule has 2 N–H and O–H groups in total. The van der Waals surface area contributed by atoms with E-state index in [9.17, 15) is 0 Å². The fourth-order valence-electron chi connectivity index (χ4n) is 1.25. The van der Waals surface area contributed by atoms with E-state index in [-0.39, 0.29) is 12.6 Å². The maximum atomic E-state index is 9.10. The van der Waals surface area contributed by atoms with Crippen LogP contribution in [-0.4, -0.2) is 18.8 Å². The van der Waals surface area contributed by atoms with E-state index in [4.69, 9.17) is 10.4 Å². The van der Waals surface area contributed by atoms with E-state index in [1.54, 1.807) is 19.2 Å². The Labute approximate surface area is 91.5 Å². The summed E-state index contributed by atoms with van der Waals surface area (Å²) >= 11 is 3.35. The number of hydrogen-bond donors (Lipinski definition) is 2. The van der Waals surface area contributed by atoms with Gasteiger partial charge in [0.05, 0.1) is 18.2 Å². The van der Waals surface area contributed by atoms with Crippen molar-refractivity contribution in [3.8, 4) is 6.07 Å². The minimum absolute atomic E-state index is 0.00395. The first kappa shape index (κ1) is 11.2. The lowest BCUT2D eigenvalue weighted by atomic mass is 10.1. The molecule has 74 valence electrons. The Hall–Kier alpha value is -0.890. The number of benzene rings is 1. The number of nitrogens with zero attached hydrogens (tertiary/aromatic N) is 1. The lowest BCUT2D eigenvalue weighted by Crippen LogP contribution is -2.20. The zero-order chi connectivity index (χ0) is 10.6. The summed E-state index contributed by atoms with van der Waals surface area (Å²) in [4.78, 5) is 0. The lowest BCUT2D eigenvalue weighted by molar-refractivity contribution is 0.250. The maximum Gasteiger partial charge on any atom is 0.100 e. The molecule has 0 aliphatic carbocycles. The smallest absolute Gasteiger partial charge is 0.100 e. The molecular weight excluding hydrogens is 244 g/mol. The molecule has 0 radical (unpaired) electrons. The van der Waals surface area contributed by atoms with Crippen molar-refractivity contribution in [1.29, 1.82) is 5.26 Å². The molecule has 14 heavy (non-hydrogen) atoms. The van der Waals surface area contributed by atoms with Gasteiger partial charge in [-0.3, -0.25) is 0 Å². The molecular formula is C10H11BrN2O. The first-order valence-corrected chi connectivity index (χ1v) is 5.00. The van der Waals surface area contributed by atoms with Crippen molar-refractivity contribution in [2.75, 3.05) is 13.7 Å². The number of rotatable bonds is 3. The van der Waals surface area contributed by atoms with E-state index in [0.717, 1.165) is 10.0 Å². The van der Waals surface area contributed by atoms with Crippen LogP contribution in [0.1, 0.15) is 17.2 Å². The summed E-state index contributed by atoms with van der Waals surface area (Å²) in [5.41, 5.74) is 1.48. The van der Waals surface area contributed by atoms with Crippen LogP contribution in [0.5, 0.6) is 0 Å². The molecule has 1 rings (SSSR count). The molecule has 0 aliphatic heterocycles. The Kier molecular flexibility index (Phi) is 4.08. The van der Waals surface area contributed by atoms with Crippen molar-refractivity contribution in [1.82, 2.24) is 5.32 Å². The largest absolute Gasteiger partial charge is 0.394 e. The SMILES string of the molecule is CN[C@@H](CO)c1cccc(C#N)c1Br. The first-order chi connectivity index (χ1) is 6.74. The molecule has 0 unspecified atom stereocenters. The molecule has 0 bridgehead atoms. The Bertz CT molecular complexity index is 356. The molecule has 0 saturated carbocycles. The highest BCUT2D eigenvalue weighted by Crippen LogP contribution is 2.26. The number of halogens is 1. The fourth-order valence-corrected chi connectivity index (χ4v) is 1.88. The Morgan fingerprint density at radius 3 is 2.86 bits per heavy atom. The number of hydrogen-bond acceptors (Lipinski definition) is 3. The van der Waals surface area contributed by atoms with Crippen LogP contribution in [0.3, 0.4) is 0 Å². The van der Waals surface area contributed by atoms with Crippen molar-refractivity contribution >= 4 is 15.9 Å². The monoisotopic (exact) mass is 254 g/mol. The Morgan fingerprint density at radius 2 is 2.36 bits per heavy atom.